The molecule has 0 bridgehead atoms. The molecule has 47 heavy (non-hydrogen) atoms. The zero-order valence-electron chi connectivity index (χ0n) is 26.2. The highest BCUT2D eigenvalue weighted by molar-refractivity contribution is 7.80. The van der Waals surface area contributed by atoms with Crippen LogP contribution in [-0.2, 0) is 35.2 Å². The zero-order valence-corrected chi connectivity index (χ0v) is 27.1. The number of aliphatic hydroxyl groups is 2. The summed E-state index contributed by atoms with van der Waals surface area (Å²) >= 11 is 3.92. The molecule has 1 aromatic heterocycles. The molecule has 0 saturated heterocycles. The Morgan fingerprint density at radius 2 is 1.64 bits per heavy atom. The number of aliphatic hydroxyl groups excluding tert-OH is 2. The van der Waals surface area contributed by atoms with Crippen LogP contribution in [0.25, 0.3) is 0 Å². The number of nitrogens with two attached hydrogens (primary N) is 2. The minimum absolute atomic E-state index is 0.0118. The van der Waals surface area contributed by atoms with Crippen LogP contribution in [0.1, 0.15) is 38.3 Å². The van der Waals surface area contributed by atoms with Crippen LogP contribution in [0.2, 0.25) is 0 Å². The lowest BCUT2D eigenvalue weighted by Crippen LogP contribution is -2.58. The highest BCUT2D eigenvalue weighted by atomic mass is 32.1. The van der Waals surface area contributed by atoms with Crippen molar-refractivity contribution < 1.29 is 44.1 Å². The van der Waals surface area contributed by atoms with E-state index >= 15 is 0 Å². The number of rotatable bonds is 24. The van der Waals surface area contributed by atoms with Crippen LogP contribution in [0.3, 0.4) is 0 Å². The number of aromatic nitrogens is 2. The van der Waals surface area contributed by atoms with E-state index in [1.165, 1.54) is 19.4 Å². The minimum atomic E-state index is -1.43. The van der Waals surface area contributed by atoms with Gasteiger partial charge in [-0.3, -0.25) is 28.8 Å². The number of amides is 5. The van der Waals surface area contributed by atoms with Crippen molar-refractivity contribution in [2.75, 3.05) is 38.5 Å². The molecule has 5 amide bonds. The van der Waals surface area contributed by atoms with E-state index in [1.807, 2.05) is 0 Å². The maximum absolute atomic E-state index is 13.4. The average Bonchev–Trinajstić information content (AvgIpc) is 3.54. The third-order valence-corrected chi connectivity index (χ3v) is 7.07. The summed E-state index contributed by atoms with van der Waals surface area (Å²) in [7, 11) is 0. The molecule has 1 heterocycles. The topological polar surface area (TPSA) is 316 Å². The van der Waals surface area contributed by atoms with Crippen molar-refractivity contribution in [1.82, 2.24) is 41.9 Å². The second kappa shape index (κ2) is 22.7. The Balaban J connectivity index is 2.96. The smallest absolute Gasteiger partial charge is 0.322 e. The van der Waals surface area contributed by atoms with Gasteiger partial charge in [0.2, 0.25) is 29.5 Å². The summed E-state index contributed by atoms with van der Waals surface area (Å²) in [6.07, 6.45) is 2.31. The molecule has 0 spiro atoms. The van der Waals surface area contributed by atoms with Crippen LogP contribution >= 0.6 is 12.6 Å². The Bertz CT molecular complexity index is 1140. The monoisotopic (exact) mass is 688 g/mol. The Morgan fingerprint density at radius 1 is 0.936 bits per heavy atom. The summed E-state index contributed by atoms with van der Waals surface area (Å²) in [5.41, 5.74) is 11.5. The molecule has 0 aliphatic rings. The molecule has 19 nitrogen and oxygen atoms in total. The van der Waals surface area contributed by atoms with Crippen LogP contribution in [0.15, 0.2) is 12.5 Å². The van der Waals surface area contributed by atoms with Crippen LogP contribution in [0, 0.1) is 0 Å². The van der Waals surface area contributed by atoms with Gasteiger partial charge in [-0.25, -0.2) is 4.98 Å². The third kappa shape index (κ3) is 17.1. The third-order valence-electron chi connectivity index (χ3n) is 6.67. The van der Waals surface area contributed by atoms with Crippen LogP contribution in [0.5, 0.6) is 0 Å². The van der Waals surface area contributed by atoms with Gasteiger partial charge in [-0.15, -0.1) is 0 Å². The molecule has 6 atom stereocenters. The van der Waals surface area contributed by atoms with Crippen molar-refractivity contribution in [2.45, 2.75) is 75.4 Å². The summed E-state index contributed by atoms with van der Waals surface area (Å²) in [6, 6.07) is -4.88. The van der Waals surface area contributed by atoms with Gasteiger partial charge < -0.3 is 63.7 Å². The molecule has 0 aliphatic heterocycles. The number of aliphatic carboxylic acids is 1. The van der Waals surface area contributed by atoms with Crippen molar-refractivity contribution in [3.8, 4) is 0 Å². The summed E-state index contributed by atoms with van der Waals surface area (Å²) in [5.74, 6) is -5.23. The number of nitrogens with zero attached hydrogens (tertiary/aromatic N) is 1. The van der Waals surface area contributed by atoms with E-state index in [0.29, 0.717) is 44.6 Å². The molecule has 0 aliphatic carbocycles. The molecule has 14 N–H and O–H groups in total. The second-order valence-corrected chi connectivity index (χ2v) is 11.1. The first-order valence-corrected chi connectivity index (χ1v) is 15.7. The van der Waals surface area contributed by atoms with Crippen molar-refractivity contribution in [1.29, 1.82) is 0 Å². The first-order valence-electron chi connectivity index (χ1n) is 15.1. The number of nitrogens with one attached hydrogen (secondary N) is 7. The van der Waals surface area contributed by atoms with Gasteiger partial charge in [0.1, 0.15) is 24.7 Å². The Hall–Kier alpha value is -3.82. The zero-order chi connectivity index (χ0) is 35.4. The predicted octanol–water partition coefficient (Wildman–Crippen LogP) is -5.17. The average molecular weight is 689 g/mol. The van der Waals surface area contributed by atoms with Crippen molar-refractivity contribution in [3.05, 3.63) is 18.2 Å². The first-order chi connectivity index (χ1) is 22.3. The van der Waals surface area contributed by atoms with Gasteiger partial charge in [0.25, 0.3) is 0 Å². The first kappa shape index (κ1) is 41.2. The van der Waals surface area contributed by atoms with E-state index in [-0.39, 0.29) is 18.6 Å². The maximum atomic E-state index is 13.4. The molecule has 0 unspecified atom stereocenters. The fourth-order valence-corrected chi connectivity index (χ4v) is 4.25. The lowest BCUT2D eigenvalue weighted by atomic mass is 10.1. The lowest BCUT2D eigenvalue weighted by Gasteiger charge is -2.24. The lowest BCUT2D eigenvalue weighted by molar-refractivity contribution is -0.138. The van der Waals surface area contributed by atoms with E-state index in [0.717, 1.165) is 0 Å². The summed E-state index contributed by atoms with van der Waals surface area (Å²) in [5, 5.41) is 43.7. The number of carboxylic acid groups (broad SMARTS) is 1. The normalized spacial score (nSPS) is 14.9. The molecule has 0 fully saturated rings. The Kier molecular flexibility index (Phi) is 19.9. The minimum Gasteiger partial charge on any atom is -0.480 e. The number of hydrogen-bond acceptors (Lipinski definition) is 13. The number of carbonyl (C=O) groups excluding carboxylic acids is 5. The van der Waals surface area contributed by atoms with E-state index in [1.54, 1.807) is 0 Å². The van der Waals surface area contributed by atoms with E-state index in [2.05, 4.69) is 54.5 Å². The van der Waals surface area contributed by atoms with Crippen molar-refractivity contribution >= 4 is 48.1 Å². The summed E-state index contributed by atoms with van der Waals surface area (Å²) in [6.45, 7) is 1.11. The summed E-state index contributed by atoms with van der Waals surface area (Å²) in [4.78, 5) is 81.5. The summed E-state index contributed by atoms with van der Waals surface area (Å²) < 4.78 is 0. The van der Waals surface area contributed by atoms with Gasteiger partial charge in [-0.05, 0) is 45.7 Å². The highest BCUT2D eigenvalue weighted by Gasteiger charge is 2.30. The number of unbranched alkanes of at least 4 members (excludes halogenated alkanes) is 1. The quantitative estimate of drug-likeness (QED) is 0.0357. The van der Waals surface area contributed by atoms with Gasteiger partial charge in [-0.2, -0.15) is 12.6 Å². The number of hydrogen-bond donors (Lipinski definition) is 13. The molecule has 266 valence electrons. The van der Waals surface area contributed by atoms with Crippen molar-refractivity contribution in [2.24, 2.45) is 11.5 Å². The molecule has 20 heteroatoms. The second-order valence-electron chi connectivity index (χ2n) is 10.7. The number of thiol groups is 1. The van der Waals surface area contributed by atoms with E-state index < -0.39 is 85.0 Å². The van der Waals surface area contributed by atoms with Gasteiger partial charge in [-0.1, -0.05) is 0 Å². The molecular formula is C27H48N10O9S. The van der Waals surface area contributed by atoms with E-state index in [9.17, 15) is 39.0 Å². The van der Waals surface area contributed by atoms with Crippen molar-refractivity contribution in [3.63, 3.8) is 0 Å². The molecule has 0 radical (unpaired) electrons. The van der Waals surface area contributed by atoms with Gasteiger partial charge in [0, 0.05) is 30.6 Å². The Labute approximate surface area is 277 Å². The number of H-pyrrole nitrogens is 1. The highest BCUT2D eigenvalue weighted by Crippen LogP contribution is 2.05. The largest absolute Gasteiger partial charge is 0.480 e. The molecular weight excluding hydrogens is 640 g/mol. The standard InChI is InChI=1S/C27H48N10O9S/c1-15(38)23(37-24(43)18(29)13-47)27(46)32-11-21(40)35-19(4-2-3-7-30-10-17(39)5-6-28)26(45)36-20(8-16-9-31-14-34-16)25(44)33-12-22(41)42/h9,14-15,17-20,23,30,38-39,47H,2-8,10-13,28-29H2,1H3,(H,31,34)(H,32,46)(H,33,44)(H,35,40)(H,36,45)(H,37,43)(H,41,42)/t15-,17-,18+,19+,20+,23+/m1/s1. The van der Waals surface area contributed by atoms with Crippen LogP contribution in [0.4, 0.5) is 0 Å². The number of imidazole rings is 1. The fraction of sp³-hybridized carbons (Fsp3) is 0.667. The molecule has 0 saturated carbocycles. The van der Waals surface area contributed by atoms with E-state index in [4.69, 9.17) is 16.6 Å². The van der Waals surface area contributed by atoms with Gasteiger partial charge >= 0.3 is 5.97 Å². The maximum Gasteiger partial charge on any atom is 0.322 e. The number of aromatic amines is 1. The SMILES string of the molecule is C[C@@H](O)[C@H](NC(=O)[C@@H](N)CS)C(=O)NCC(=O)N[C@@H](CCCCNC[C@H](O)CCN)C(=O)N[C@@H](Cc1cnc[nH]1)C(=O)NCC(=O)O. The van der Waals surface area contributed by atoms with Gasteiger partial charge in [0.15, 0.2) is 0 Å². The Morgan fingerprint density at radius 3 is 2.23 bits per heavy atom. The molecule has 1 aromatic rings. The van der Waals surface area contributed by atoms with Gasteiger partial charge in [0.05, 0.1) is 31.1 Å². The number of carbonyl (C=O) groups is 6. The van der Waals surface area contributed by atoms with Crippen LogP contribution in [-0.4, -0.2) is 136 Å². The fourth-order valence-electron chi connectivity index (χ4n) is 4.09. The molecule has 1 rings (SSSR count). The van der Waals surface area contributed by atoms with Crippen LogP contribution < -0.4 is 43.4 Å². The molecule has 0 aromatic carbocycles. The number of carboxylic acids is 1. The predicted molar refractivity (Wildman–Crippen MR) is 172 cm³/mol.